The van der Waals surface area contributed by atoms with Crippen LogP contribution in [0.1, 0.15) is 54.4 Å². The zero-order chi connectivity index (χ0) is 11.3. The van der Waals surface area contributed by atoms with Crippen LogP contribution in [0.15, 0.2) is 0 Å². The lowest BCUT2D eigenvalue weighted by molar-refractivity contribution is 0.0518. The Morgan fingerprint density at radius 2 is 2.44 bits per heavy atom. The summed E-state index contributed by atoms with van der Waals surface area (Å²) in [6, 6.07) is 0. The lowest BCUT2D eigenvalue weighted by Crippen LogP contribution is -2.10. The Bertz CT molecular complexity index is 452. The molecule has 0 aliphatic heterocycles. The van der Waals surface area contributed by atoms with Crippen molar-refractivity contribution in [2.75, 3.05) is 6.61 Å². The number of ether oxygens (including phenoxy) is 1. The van der Waals surface area contributed by atoms with Gasteiger partial charge in [-0.1, -0.05) is 6.92 Å². The van der Waals surface area contributed by atoms with E-state index < -0.39 is 0 Å². The van der Waals surface area contributed by atoms with Crippen molar-refractivity contribution in [3.05, 3.63) is 17.0 Å². The van der Waals surface area contributed by atoms with Crippen molar-refractivity contribution >= 4 is 5.97 Å². The molecule has 0 bridgehead atoms. The highest BCUT2D eigenvalue weighted by atomic mass is 16.5. The smallest absolute Gasteiger partial charge is 0.359 e. The second kappa shape index (κ2) is 3.09. The summed E-state index contributed by atoms with van der Waals surface area (Å²) in [6.07, 6.45) is 3.43. The first kappa shape index (κ1) is 9.87. The number of hydrogen-bond acceptors (Lipinski definition) is 3. The van der Waals surface area contributed by atoms with Crippen LogP contribution in [-0.2, 0) is 11.2 Å². The molecule has 2 aliphatic rings. The van der Waals surface area contributed by atoms with E-state index in [-0.39, 0.29) is 5.97 Å². The molecule has 1 fully saturated rings. The van der Waals surface area contributed by atoms with Crippen LogP contribution in [0, 0.1) is 5.41 Å². The number of nitrogens with one attached hydrogen (secondary N) is 1. The number of aromatic nitrogens is 2. The predicted octanol–water partition coefficient (Wildman–Crippen LogP) is 2.03. The number of nitrogens with zero attached hydrogens (tertiary/aromatic N) is 1. The van der Waals surface area contributed by atoms with Crippen LogP contribution in [0.2, 0.25) is 0 Å². The van der Waals surface area contributed by atoms with Gasteiger partial charge < -0.3 is 4.74 Å². The molecule has 1 heterocycles. The van der Waals surface area contributed by atoms with Gasteiger partial charge in [0.1, 0.15) is 0 Å². The minimum Gasteiger partial charge on any atom is -0.461 e. The molecule has 16 heavy (non-hydrogen) atoms. The summed E-state index contributed by atoms with van der Waals surface area (Å²) in [4.78, 5) is 11.7. The SMILES string of the molecule is CCOC(=O)c1n[nH]c2c1C[C@@]1(CC)C[C@@H]21. The molecule has 4 nitrogen and oxygen atoms in total. The molecule has 3 rings (SSSR count). The molecule has 1 aromatic heterocycles. The monoisotopic (exact) mass is 220 g/mol. The number of H-pyrrole nitrogens is 1. The van der Waals surface area contributed by atoms with Gasteiger partial charge >= 0.3 is 5.97 Å². The van der Waals surface area contributed by atoms with E-state index in [0.29, 0.717) is 23.6 Å². The van der Waals surface area contributed by atoms with Gasteiger partial charge in [0.15, 0.2) is 5.69 Å². The fraction of sp³-hybridized carbons (Fsp3) is 0.667. The summed E-state index contributed by atoms with van der Waals surface area (Å²) in [6.45, 7) is 4.45. The topological polar surface area (TPSA) is 55.0 Å². The third-order valence-electron chi connectivity index (χ3n) is 4.14. The van der Waals surface area contributed by atoms with E-state index in [4.69, 9.17) is 4.74 Å². The van der Waals surface area contributed by atoms with Crippen molar-refractivity contribution in [2.24, 2.45) is 5.41 Å². The van der Waals surface area contributed by atoms with E-state index in [1.165, 1.54) is 18.5 Å². The minimum absolute atomic E-state index is 0.285. The molecular weight excluding hydrogens is 204 g/mol. The second-order valence-corrected chi connectivity index (χ2v) is 4.83. The van der Waals surface area contributed by atoms with Crippen LogP contribution in [-0.4, -0.2) is 22.8 Å². The quantitative estimate of drug-likeness (QED) is 0.793. The standard InChI is InChI=1S/C12H16N2O2/c1-3-12-5-7-9(8(12)6-12)13-14-10(7)11(15)16-4-2/h8H,3-6H2,1-2H3,(H,13,14)/t8-,12-/m0/s1. The lowest BCUT2D eigenvalue weighted by atomic mass is 9.98. The molecule has 86 valence electrons. The zero-order valence-corrected chi connectivity index (χ0v) is 9.67. The maximum Gasteiger partial charge on any atom is 0.359 e. The molecule has 1 saturated carbocycles. The van der Waals surface area contributed by atoms with Crippen LogP contribution in [0.25, 0.3) is 0 Å². The van der Waals surface area contributed by atoms with E-state index >= 15 is 0 Å². The molecule has 2 aliphatic carbocycles. The van der Waals surface area contributed by atoms with Crippen LogP contribution in [0.5, 0.6) is 0 Å². The Labute approximate surface area is 94.4 Å². The Morgan fingerprint density at radius 3 is 3.12 bits per heavy atom. The Hall–Kier alpha value is -1.32. The highest BCUT2D eigenvalue weighted by Crippen LogP contribution is 2.68. The van der Waals surface area contributed by atoms with Crippen molar-refractivity contribution in [1.82, 2.24) is 10.2 Å². The molecule has 1 aromatic rings. The summed E-state index contributed by atoms with van der Waals surface area (Å²) in [5, 5.41) is 7.12. The zero-order valence-electron chi connectivity index (χ0n) is 9.67. The summed E-state index contributed by atoms with van der Waals surface area (Å²) in [5.74, 6) is 0.329. The van der Waals surface area contributed by atoms with Gasteiger partial charge in [-0.2, -0.15) is 5.10 Å². The number of carbonyl (C=O) groups excluding carboxylic acids is 1. The number of fused-ring (bicyclic) bond motifs is 3. The van der Waals surface area contributed by atoms with Gasteiger partial charge in [-0.25, -0.2) is 4.79 Å². The Kier molecular flexibility index (Phi) is 1.91. The van der Waals surface area contributed by atoms with E-state index in [9.17, 15) is 4.79 Å². The van der Waals surface area contributed by atoms with Crippen LogP contribution in [0.4, 0.5) is 0 Å². The number of hydrogen-bond donors (Lipinski definition) is 1. The third kappa shape index (κ3) is 1.10. The molecule has 0 spiro atoms. The van der Waals surface area contributed by atoms with Crippen LogP contribution < -0.4 is 0 Å². The Balaban J connectivity index is 1.91. The largest absolute Gasteiger partial charge is 0.461 e. The molecule has 1 N–H and O–H groups in total. The number of aromatic amines is 1. The summed E-state index contributed by atoms with van der Waals surface area (Å²) in [7, 11) is 0. The Morgan fingerprint density at radius 1 is 1.62 bits per heavy atom. The third-order valence-corrected chi connectivity index (χ3v) is 4.14. The van der Waals surface area contributed by atoms with Crippen LogP contribution >= 0.6 is 0 Å². The van der Waals surface area contributed by atoms with Crippen molar-refractivity contribution in [3.63, 3.8) is 0 Å². The average molecular weight is 220 g/mol. The maximum absolute atomic E-state index is 11.7. The van der Waals surface area contributed by atoms with E-state index in [0.717, 1.165) is 12.0 Å². The van der Waals surface area contributed by atoms with Crippen molar-refractivity contribution in [2.45, 2.75) is 39.0 Å². The van der Waals surface area contributed by atoms with Gasteiger partial charge in [-0.15, -0.1) is 0 Å². The highest BCUT2D eigenvalue weighted by Gasteiger charge is 2.60. The molecular formula is C12H16N2O2. The average Bonchev–Trinajstić information content (AvgIpc) is 2.68. The van der Waals surface area contributed by atoms with Crippen molar-refractivity contribution < 1.29 is 9.53 Å². The summed E-state index contributed by atoms with van der Waals surface area (Å²) >= 11 is 0. The van der Waals surface area contributed by atoms with E-state index in [1.54, 1.807) is 0 Å². The number of carbonyl (C=O) groups is 1. The van der Waals surface area contributed by atoms with E-state index in [1.807, 2.05) is 6.92 Å². The summed E-state index contributed by atoms with van der Waals surface area (Å²) in [5.41, 5.74) is 3.24. The molecule has 2 atom stereocenters. The molecule has 0 aromatic carbocycles. The molecule has 4 heteroatoms. The number of rotatable bonds is 3. The second-order valence-electron chi connectivity index (χ2n) is 4.83. The predicted molar refractivity (Wildman–Crippen MR) is 58.3 cm³/mol. The minimum atomic E-state index is -0.285. The fourth-order valence-corrected chi connectivity index (χ4v) is 3.03. The molecule has 0 saturated heterocycles. The van der Waals surface area contributed by atoms with Crippen LogP contribution in [0.3, 0.4) is 0 Å². The van der Waals surface area contributed by atoms with E-state index in [2.05, 4.69) is 17.1 Å². The van der Waals surface area contributed by atoms with Gasteiger partial charge in [0.05, 0.1) is 6.61 Å². The first-order valence-electron chi connectivity index (χ1n) is 5.96. The first-order valence-corrected chi connectivity index (χ1v) is 5.96. The maximum atomic E-state index is 11.7. The van der Waals surface area contributed by atoms with Crippen molar-refractivity contribution in [1.29, 1.82) is 0 Å². The van der Waals surface area contributed by atoms with Gasteiger partial charge in [-0.05, 0) is 31.6 Å². The molecule has 0 amide bonds. The highest BCUT2D eigenvalue weighted by molar-refractivity contribution is 5.89. The summed E-state index contributed by atoms with van der Waals surface area (Å²) < 4.78 is 5.01. The normalized spacial score (nSPS) is 29.8. The van der Waals surface area contributed by atoms with Gasteiger partial charge in [0.2, 0.25) is 0 Å². The van der Waals surface area contributed by atoms with Gasteiger partial charge in [0, 0.05) is 17.2 Å². The molecule has 0 radical (unpaired) electrons. The van der Waals surface area contributed by atoms with Crippen molar-refractivity contribution in [3.8, 4) is 0 Å². The fourth-order valence-electron chi connectivity index (χ4n) is 3.03. The lowest BCUT2D eigenvalue weighted by Gasteiger charge is -2.07. The first-order chi connectivity index (χ1) is 7.72. The van der Waals surface area contributed by atoms with Gasteiger partial charge in [-0.3, -0.25) is 5.10 Å². The molecule has 0 unspecified atom stereocenters. The van der Waals surface area contributed by atoms with Gasteiger partial charge in [0.25, 0.3) is 0 Å². The number of esters is 1.